The van der Waals surface area contributed by atoms with Crippen molar-refractivity contribution in [1.29, 1.82) is 0 Å². The first-order valence-corrected chi connectivity index (χ1v) is 4.50. The van der Waals surface area contributed by atoms with Crippen molar-refractivity contribution in [3.05, 3.63) is 42.9 Å². The van der Waals surface area contributed by atoms with Crippen LogP contribution in [0.5, 0.6) is 0 Å². The van der Waals surface area contributed by atoms with Gasteiger partial charge < -0.3 is 9.32 Å². The van der Waals surface area contributed by atoms with Crippen LogP contribution in [0.25, 0.3) is 11.1 Å². The second-order valence-corrected chi connectivity index (χ2v) is 3.38. The molecule has 1 heterocycles. The molecule has 0 aliphatic rings. The maximum Gasteiger partial charge on any atom is 0.177 e. The highest BCUT2D eigenvalue weighted by atomic mass is 16.3. The predicted molar refractivity (Wildman–Crippen MR) is 57.3 cm³/mol. The van der Waals surface area contributed by atoms with E-state index in [4.69, 9.17) is 4.42 Å². The van der Waals surface area contributed by atoms with Gasteiger partial charge in [-0.2, -0.15) is 0 Å². The Morgan fingerprint density at radius 3 is 2.29 bits per heavy atom. The molecule has 2 rings (SSSR count). The lowest BCUT2D eigenvalue weighted by Gasteiger charge is -2.12. The van der Waals surface area contributed by atoms with Gasteiger partial charge in [-0.3, -0.25) is 0 Å². The lowest BCUT2D eigenvalue weighted by molar-refractivity contribution is 0.559. The fraction of sp³-hybridized carbons (Fsp3) is 0.167. The van der Waals surface area contributed by atoms with Gasteiger partial charge >= 0.3 is 0 Å². The van der Waals surface area contributed by atoms with Crippen LogP contribution in [0.2, 0.25) is 0 Å². The maximum absolute atomic E-state index is 4.91. The molecule has 0 spiro atoms. The molecule has 2 heteroatoms. The van der Waals surface area contributed by atoms with Gasteiger partial charge in [-0.15, -0.1) is 0 Å². The second-order valence-electron chi connectivity index (χ2n) is 3.38. The fourth-order valence-electron chi connectivity index (χ4n) is 1.33. The quantitative estimate of drug-likeness (QED) is 0.717. The Bertz CT molecular complexity index is 387. The molecule has 1 radical (unpaired) electrons. The summed E-state index contributed by atoms with van der Waals surface area (Å²) in [6.45, 7) is 0. The molecule has 0 saturated heterocycles. The van der Waals surface area contributed by atoms with Crippen LogP contribution in [0, 0.1) is 6.26 Å². The summed E-state index contributed by atoms with van der Waals surface area (Å²) in [6, 6.07) is 10.2. The Morgan fingerprint density at radius 1 is 1.07 bits per heavy atom. The first-order valence-electron chi connectivity index (χ1n) is 4.50. The zero-order valence-electron chi connectivity index (χ0n) is 8.32. The van der Waals surface area contributed by atoms with Gasteiger partial charge in [-0.05, 0) is 23.8 Å². The van der Waals surface area contributed by atoms with Gasteiger partial charge in [0.1, 0.15) is 0 Å². The van der Waals surface area contributed by atoms with Crippen LogP contribution in [0.1, 0.15) is 0 Å². The highest BCUT2D eigenvalue weighted by Gasteiger charge is 2.00. The van der Waals surface area contributed by atoms with Crippen molar-refractivity contribution in [3.63, 3.8) is 0 Å². The maximum atomic E-state index is 4.91. The van der Waals surface area contributed by atoms with E-state index in [1.54, 1.807) is 6.26 Å². The monoisotopic (exact) mass is 186 g/mol. The molecule has 0 unspecified atom stereocenters. The zero-order chi connectivity index (χ0) is 9.97. The summed E-state index contributed by atoms with van der Waals surface area (Å²) in [5.74, 6) is 0. The Morgan fingerprint density at radius 2 is 1.79 bits per heavy atom. The van der Waals surface area contributed by atoms with E-state index in [-0.39, 0.29) is 0 Å². The van der Waals surface area contributed by atoms with Gasteiger partial charge in [0.25, 0.3) is 0 Å². The number of hydrogen-bond acceptors (Lipinski definition) is 2. The summed E-state index contributed by atoms with van der Waals surface area (Å²) < 4.78 is 4.91. The van der Waals surface area contributed by atoms with Crippen molar-refractivity contribution < 1.29 is 4.42 Å². The molecule has 0 amide bonds. The molecule has 0 saturated carbocycles. The van der Waals surface area contributed by atoms with Crippen LogP contribution < -0.4 is 4.90 Å². The second kappa shape index (κ2) is 3.58. The van der Waals surface area contributed by atoms with E-state index in [9.17, 15) is 0 Å². The minimum atomic E-state index is 0.996. The van der Waals surface area contributed by atoms with Crippen molar-refractivity contribution in [1.82, 2.24) is 0 Å². The molecule has 1 aromatic carbocycles. The molecular formula is C12H12NO. The normalized spacial score (nSPS) is 10.1. The molecule has 0 bridgehead atoms. The molecule has 1 aromatic heterocycles. The first kappa shape index (κ1) is 8.88. The lowest BCUT2D eigenvalue weighted by Crippen LogP contribution is -2.07. The largest absolute Gasteiger partial charge is 0.460 e. The molecule has 0 aliphatic carbocycles. The van der Waals surface area contributed by atoms with E-state index >= 15 is 0 Å². The Hall–Kier alpha value is -1.70. The third-order valence-corrected chi connectivity index (χ3v) is 2.17. The van der Waals surface area contributed by atoms with Gasteiger partial charge in [0.15, 0.2) is 6.26 Å². The number of anilines is 1. The lowest BCUT2D eigenvalue weighted by atomic mass is 10.1. The number of furan rings is 1. The highest BCUT2D eigenvalue weighted by Crippen LogP contribution is 2.21. The summed E-state index contributed by atoms with van der Waals surface area (Å²) in [5.41, 5.74) is 3.32. The average molecular weight is 186 g/mol. The molecular weight excluding hydrogens is 174 g/mol. The van der Waals surface area contributed by atoms with Gasteiger partial charge in [0.2, 0.25) is 0 Å². The SMILES string of the molecule is CN(C)c1ccc(-c2[c]occ2)cc1. The van der Waals surface area contributed by atoms with Crippen LogP contribution in [0.4, 0.5) is 5.69 Å². The number of benzene rings is 1. The number of rotatable bonds is 2. The standard InChI is InChI=1S/C12H12NO/c1-13(2)12-5-3-10(4-6-12)11-7-8-14-9-11/h3-8H,1-2H3. The highest BCUT2D eigenvalue weighted by molar-refractivity contribution is 5.64. The Labute approximate surface area is 83.8 Å². The molecule has 0 N–H and O–H groups in total. The van der Waals surface area contributed by atoms with Gasteiger partial charge in [0.05, 0.1) is 6.26 Å². The predicted octanol–water partition coefficient (Wildman–Crippen LogP) is 2.81. The number of nitrogens with zero attached hydrogens (tertiary/aromatic N) is 1. The van der Waals surface area contributed by atoms with Gasteiger partial charge in [-0.25, -0.2) is 0 Å². The van der Waals surface area contributed by atoms with Crippen LogP contribution in [0.15, 0.2) is 41.0 Å². The van der Waals surface area contributed by atoms with Crippen molar-refractivity contribution in [2.45, 2.75) is 0 Å². The molecule has 2 nitrogen and oxygen atoms in total. The van der Waals surface area contributed by atoms with E-state index in [0.29, 0.717) is 0 Å². The molecule has 2 aromatic rings. The minimum absolute atomic E-state index is 0.996. The third kappa shape index (κ3) is 1.64. The summed E-state index contributed by atoms with van der Waals surface area (Å²) in [6.07, 6.45) is 4.45. The molecule has 14 heavy (non-hydrogen) atoms. The van der Waals surface area contributed by atoms with Gasteiger partial charge in [-0.1, -0.05) is 12.1 Å². The van der Waals surface area contributed by atoms with Gasteiger partial charge in [0, 0.05) is 25.3 Å². The molecule has 71 valence electrons. The Kier molecular flexibility index (Phi) is 2.27. The average Bonchev–Trinajstić information content (AvgIpc) is 2.71. The van der Waals surface area contributed by atoms with Crippen LogP contribution in [0.3, 0.4) is 0 Å². The Balaban J connectivity index is 2.31. The van der Waals surface area contributed by atoms with E-state index < -0.39 is 0 Å². The molecule has 0 fully saturated rings. The van der Waals surface area contributed by atoms with Crippen molar-refractivity contribution in [2.75, 3.05) is 19.0 Å². The van der Waals surface area contributed by atoms with Crippen molar-refractivity contribution in [3.8, 4) is 11.1 Å². The van der Waals surface area contributed by atoms with E-state index in [1.807, 2.05) is 20.2 Å². The molecule has 0 atom stereocenters. The van der Waals surface area contributed by atoms with Crippen LogP contribution >= 0.6 is 0 Å². The smallest absolute Gasteiger partial charge is 0.177 e. The third-order valence-electron chi connectivity index (χ3n) is 2.17. The van der Waals surface area contributed by atoms with Crippen LogP contribution in [-0.4, -0.2) is 14.1 Å². The summed E-state index contributed by atoms with van der Waals surface area (Å²) in [5, 5.41) is 0. The molecule has 0 aliphatic heterocycles. The summed E-state index contributed by atoms with van der Waals surface area (Å²) in [7, 11) is 4.05. The number of hydrogen-bond donors (Lipinski definition) is 0. The minimum Gasteiger partial charge on any atom is -0.460 e. The van der Waals surface area contributed by atoms with Crippen molar-refractivity contribution in [2.24, 2.45) is 0 Å². The van der Waals surface area contributed by atoms with E-state index in [2.05, 4.69) is 35.4 Å². The topological polar surface area (TPSA) is 16.4 Å². The van der Waals surface area contributed by atoms with Crippen molar-refractivity contribution >= 4 is 5.69 Å². The summed E-state index contributed by atoms with van der Waals surface area (Å²) >= 11 is 0. The first-order chi connectivity index (χ1) is 6.77. The van der Waals surface area contributed by atoms with E-state index in [0.717, 1.165) is 11.1 Å². The fourth-order valence-corrected chi connectivity index (χ4v) is 1.33. The zero-order valence-corrected chi connectivity index (χ0v) is 8.32. The van der Waals surface area contributed by atoms with E-state index in [1.165, 1.54) is 5.69 Å². The van der Waals surface area contributed by atoms with Crippen LogP contribution in [-0.2, 0) is 0 Å². The summed E-state index contributed by atoms with van der Waals surface area (Å²) in [4.78, 5) is 2.07.